The first-order valence-corrected chi connectivity index (χ1v) is 4.49. The van der Waals surface area contributed by atoms with Gasteiger partial charge in [-0.1, -0.05) is 0 Å². The minimum atomic E-state index is -4.40. The first kappa shape index (κ1) is 11.2. The zero-order valence-electron chi connectivity index (χ0n) is 8.36. The Balaban J connectivity index is 2.60. The third-order valence-electron chi connectivity index (χ3n) is 2.11. The van der Waals surface area contributed by atoms with Gasteiger partial charge in [-0.2, -0.15) is 23.5 Å². The van der Waals surface area contributed by atoms with Crippen molar-refractivity contribution in [2.45, 2.75) is 12.7 Å². The molecule has 0 spiro atoms. The van der Waals surface area contributed by atoms with Crippen LogP contribution in [0, 0.1) is 11.3 Å². The molecule has 0 atom stereocenters. The quantitative estimate of drug-likeness (QED) is 0.819. The monoisotopic (exact) mass is 241 g/mol. The molecular weight excluding hydrogens is 235 g/mol. The summed E-state index contributed by atoms with van der Waals surface area (Å²) in [5.74, 6) is -0.0405. The van der Waals surface area contributed by atoms with Crippen molar-refractivity contribution in [1.29, 1.82) is 5.26 Å². The van der Waals surface area contributed by atoms with Gasteiger partial charge in [0.2, 0.25) is 0 Å². The molecule has 0 fully saturated rings. The Hall–Kier alpha value is -2.30. The number of pyridine rings is 1. The van der Waals surface area contributed by atoms with Gasteiger partial charge in [0.05, 0.1) is 10.9 Å². The van der Waals surface area contributed by atoms with Gasteiger partial charge in [0.25, 0.3) is 0 Å². The molecule has 0 aromatic carbocycles. The van der Waals surface area contributed by atoms with Crippen molar-refractivity contribution in [1.82, 2.24) is 14.8 Å². The molecule has 2 rings (SSSR count). The summed E-state index contributed by atoms with van der Waals surface area (Å²) < 4.78 is 37.6. The number of nitrogens with zero attached hydrogens (tertiary/aromatic N) is 4. The molecule has 0 bridgehead atoms. The molecular formula is C9H6F3N5. The smallest absolute Gasteiger partial charge is 0.382 e. The van der Waals surface area contributed by atoms with E-state index in [4.69, 9.17) is 11.0 Å². The number of rotatable bonds is 1. The molecule has 0 saturated heterocycles. The zero-order valence-corrected chi connectivity index (χ0v) is 8.36. The van der Waals surface area contributed by atoms with E-state index in [0.29, 0.717) is 10.1 Å². The predicted molar refractivity (Wildman–Crippen MR) is 52.7 cm³/mol. The summed E-state index contributed by atoms with van der Waals surface area (Å²) in [6.45, 7) is -1.25. The largest absolute Gasteiger partial charge is 0.408 e. The number of aromatic nitrogens is 3. The summed E-state index contributed by atoms with van der Waals surface area (Å²) in [4.78, 5) is 3.72. The standard InChI is InChI=1S/C9H6F3N5/c10-9(11,12)4-17-7-1-5(2-13)15-3-6(7)8(14)16-17/h1,3H,4H2,(H2,14,16). The lowest BCUT2D eigenvalue weighted by molar-refractivity contribution is -0.141. The van der Waals surface area contributed by atoms with Gasteiger partial charge in [-0.3, -0.25) is 4.68 Å². The van der Waals surface area contributed by atoms with Crippen LogP contribution >= 0.6 is 0 Å². The number of anilines is 1. The van der Waals surface area contributed by atoms with Crippen LogP contribution in [-0.2, 0) is 6.54 Å². The van der Waals surface area contributed by atoms with E-state index in [0.717, 1.165) is 0 Å². The van der Waals surface area contributed by atoms with Crippen LogP contribution in [0.3, 0.4) is 0 Å². The van der Waals surface area contributed by atoms with Gasteiger partial charge in [-0.05, 0) is 0 Å². The summed E-state index contributed by atoms with van der Waals surface area (Å²) in [6, 6.07) is 2.97. The van der Waals surface area contributed by atoms with E-state index in [1.54, 1.807) is 6.07 Å². The molecule has 0 aliphatic heterocycles. The van der Waals surface area contributed by atoms with Gasteiger partial charge in [0.15, 0.2) is 5.82 Å². The Morgan fingerprint density at radius 1 is 1.47 bits per heavy atom. The minimum absolute atomic E-state index is 0.0147. The van der Waals surface area contributed by atoms with Gasteiger partial charge in [0, 0.05) is 12.3 Å². The van der Waals surface area contributed by atoms with Crippen LogP contribution in [0.5, 0.6) is 0 Å². The summed E-state index contributed by atoms with van der Waals surface area (Å²) in [5.41, 5.74) is 5.62. The molecule has 17 heavy (non-hydrogen) atoms. The van der Waals surface area contributed by atoms with E-state index in [1.165, 1.54) is 12.3 Å². The number of fused-ring (bicyclic) bond motifs is 1. The lowest BCUT2D eigenvalue weighted by Gasteiger charge is -2.06. The van der Waals surface area contributed by atoms with Crippen molar-refractivity contribution in [2.75, 3.05) is 5.73 Å². The first-order valence-electron chi connectivity index (χ1n) is 4.49. The molecule has 88 valence electrons. The fourth-order valence-corrected chi connectivity index (χ4v) is 1.44. The van der Waals surface area contributed by atoms with Crippen LogP contribution in [0.15, 0.2) is 12.3 Å². The van der Waals surface area contributed by atoms with Crippen molar-refractivity contribution in [2.24, 2.45) is 0 Å². The van der Waals surface area contributed by atoms with Gasteiger partial charge >= 0.3 is 6.18 Å². The van der Waals surface area contributed by atoms with E-state index in [2.05, 4.69) is 10.1 Å². The highest BCUT2D eigenvalue weighted by atomic mass is 19.4. The normalized spacial score (nSPS) is 11.6. The zero-order chi connectivity index (χ0) is 12.6. The van der Waals surface area contributed by atoms with Crippen molar-refractivity contribution in [3.8, 4) is 6.07 Å². The van der Waals surface area contributed by atoms with Crippen LogP contribution < -0.4 is 5.73 Å². The number of alkyl halides is 3. The summed E-state index contributed by atoms with van der Waals surface area (Å²) in [5, 5.41) is 12.5. The number of hydrogen-bond acceptors (Lipinski definition) is 4. The molecule has 0 aliphatic rings. The summed E-state index contributed by atoms with van der Waals surface area (Å²) >= 11 is 0. The highest BCUT2D eigenvalue weighted by Crippen LogP contribution is 2.24. The van der Waals surface area contributed by atoms with Crippen LogP contribution in [0.4, 0.5) is 19.0 Å². The molecule has 0 saturated carbocycles. The third kappa shape index (κ3) is 2.13. The van der Waals surface area contributed by atoms with E-state index in [-0.39, 0.29) is 17.0 Å². The Labute approximate surface area is 93.3 Å². The molecule has 5 nitrogen and oxygen atoms in total. The second kappa shape index (κ2) is 3.62. The third-order valence-corrected chi connectivity index (χ3v) is 2.11. The van der Waals surface area contributed by atoms with Gasteiger partial charge in [0.1, 0.15) is 18.3 Å². The van der Waals surface area contributed by atoms with E-state index in [9.17, 15) is 13.2 Å². The highest BCUT2D eigenvalue weighted by Gasteiger charge is 2.29. The maximum absolute atomic E-state index is 12.3. The maximum Gasteiger partial charge on any atom is 0.408 e. The van der Waals surface area contributed by atoms with Crippen LogP contribution in [0.2, 0.25) is 0 Å². The van der Waals surface area contributed by atoms with Gasteiger partial charge in [-0.15, -0.1) is 0 Å². The molecule has 2 N–H and O–H groups in total. The number of nitriles is 1. The van der Waals surface area contributed by atoms with Crippen molar-refractivity contribution in [3.63, 3.8) is 0 Å². The lowest BCUT2D eigenvalue weighted by atomic mass is 10.3. The fourth-order valence-electron chi connectivity index (χ4n) is 1.44. The van der Waals surface area contributed by atoms with Gasteiger partial charge in [-0.25, -0.2) is 4.98 Å². The van der Waals surface area contributed by atoms with Crippen LogP contribution in [-0.4, -0.2) is 20.9 Å². The summed E-state index contributed by atoms with van der Waals surface area (Å²) in [6.07, 6.45) is -3.16. The topological polar surface area (TPSA) is 80.5 Å². The first-order chi connectivity index (χ1) is 7.90. The second-order valence-electron chi connectivity index (χ2n) is 3.36. The van der Waals surface area contributed by atoms with Crippen molar-refractivity contribution >= 4 is 16.7 Å². The van der Waals surface area contributed by atoms with Gasteiger partial charge < -0.3 is 5.73 Å². The number of hydrogen-bond donors (Lipinski definition) is 1. The molecule has 8 heteroatoms. The van der Waals surface area contributed by atoms with Crippen LogP contribution in [0.25, 0.3) is 10.9 Å². The molecule has 0 unspecified atom stereocenters. The Kier molecular flexibility index (Phi) is 2.38. The number of halogens is 3. The fraction of sp³-hybridized carbons (Fsp3) is 0.222. The van der Waals surface area contributed by atoms with Crippen LogP contribution in [0.1, 0.15) is 5.69 Å². The number of nitrogens with two attached hydrogens (primary N) is 1. The molecule has 0 aliphatic carbocycles. The Bertz CT molecular complexity index is 607. The van der Waals surface area contributed by atoms with Crippen molar-refractivity contribution in [3.05, 3.63) is 18.0 Å². The SMILES string of the molecule is N#Cc1cc2c(cn1)c(N)nn2CC(F)(F)F. The molecule has 2 aromatic heterocycles. The summed E-state index contributed by atoms with van der Waals surface area (Å²) in [7, 11) is 0. The van der Waals surface area contributed by atoms with Crippen molar-refractivity contribution < 1.29 is 13.2 Å². The highest BCUT2D eigenvalue weighted by molar-refractivity contribution is 5.88. The predicted octanol–water partition coefficient (Wildman–Crippen LogP) is 1.45. The van der Waals surface area contributed by atoms with E-state index in [1.807, 2.05) is 0 Å². The molecule has 0 amide bonds. The molecule has 2 heterocycles. The molecule has 2 aromatic rings. The maximum atomic E-state index is 12.3. The average Bonchev–Trinajstić information content (AvgIpc) is 2.53. The van der Waals surface area contributed by atoms with E-state index < -0.39 is 12.7 Å². The Morgan fingerprint density at radius 3 is 2.76 bits per heavy atom. The Morgan fingerprint density at radius 2 is 2.18 bits per heavy atom. The second-order valence-corrected chi connectivity index (χ2v) is 3.36. The lowest BCUT2D eigenvalue weighted by Crippen LogP contribution is -2.18. The number of nitrogen functional groups attached to an aromatic ring is 1. The average molecular weight is 241 g/mol. The minimum Gasteiger partial charge on any atom is -0.382 e. The van der Waals surface area contributed by atoms with E-state index >= 15 is 0 Å². The molecule has 0 radical (unpaired) electrons.